The Morgan fingerprint density at radius 1 is 1.04 bits per heavy atom. The molecule has 2 aromatic carbocycles. The van der Waals surface area contributed by atoms with Crippen molar-refractivity contribution in [3.8, 4) is 17.6 Å². The number of hydrogen-bond acceptors (Lipinski definition) is 10. The number of primary amides is 1. The molecule has 1 fully saturated rings. The van der Waals surface area contributed by atoms with Crippen molar-refractivity contribution >= 4 is 60.4 Å². The number of thiophene rings is 1. The molecule has 0 saturated carbocycles. The molecule has 0 spiro atoms. The molecule has 1 atom stereocenters. The van der Waals surface area contributed by atoms with Crippen molar-refractivity contribution < 1.29 is 58.6 Å². The molecule has 1 saturated heterocycles. The van der Waals surface area contributed by atoms with Crippen LogP contribution in [-0.4, -0.2) is 82.4 Å². The first kappa shape index (κ1) is 40.1. The van der Waals surface area contributed by atoms with E-state index in [0.29, 0.717) is 28.6 Å². The first-order chi connectivity index (χ1) is 24.3. The van der Waals surface area contributed by atoms with E-state index < -0.39 is 64.8 Å². The fourth-order valence-corrected chi connectivity index (χ4v) is 7.95. The Morgan fingerprint density at radius 2 is 1.75 bits per heavy atom. The van der Waals surface area contributed by atoms with Gasteiger partial charge in [0.15, 0.2) is 6.61 Å². The second kappa shape index (κ2) is 16.8. The standard InChI is InChI=1S/C33H34F6N4O7S2/c1-49-31(46)25(9-10-28(40)44)43-30(45)19-7-8-23(26(16-19)50-18-33(37,38)39)41-13-3-6-27-22(17-32(34,35)36)21-4-2-5-24(29(21)51-27)42-20-11-14-52(47,48)15-12-20/h2,4-5,7-8,16,20,25,41-42H,9-15,17-18H2,1H3,(H2,40,44)(H,43,45). The summed E-state index contributed by atoms with van der Waals surface area (Å²) in [7, 11) is -2.07. The van der Waals surface area contributed by atoms with Crippen molar-refractivity contribution in [1.82, 2.24) is 5.32 Å². The van der Waals surface area contributed by atoms with Crippen molar-refractivity contribution in [1.29, 1.82) is 0 Å². The van der Waals surface area contributed by atoms with Crippen molar-refractivity contribution in [3.63, 3.8) is 0 Å². The summed E-state index contributed by atoms with van der Waals surface area (Å²) < 4.78 is 114. The Balaban J connectivity index is 1.57. The first-order valence-electron chi connectivity index (χ1n) is 15.7. The van der Waals surface area contributed by atoms with E-state index in [0.717, 1.165) is 24.5 Å². The smallest absolute Gasteiger partial charge is 0.422 e. The van der Waals surface area contributed by atoms with Gasteiger partial charge in [0.1, 0.15) is 21.6 Å². The molecule has 1 unspecified atom stereocenters. The molecule has 19 heteroatoms. The van der Waals surface area contributed by atoms with Gasteiger partial charge in [0.05, 0.1) is 52.5 Å². The number of carbonyl (C=O) groups is 3. The first-order valence-corrected chi connectivity index (χ1v) is 18.3. The highest BCUT2D eigenvalue weighted by molar-refractivity contribution is 7.91. The third-order valence-electron chi connectivity index (χ3n) is 7.78. The molecule has 3 aromatic rings. The SMILES string of the molecule is COC(=O)C(CCC(N)=O)NC(=O)c1ccc(NCC#Cc2sc3c(NC4CCS(=O)(=O)CC4)cccc3c2CC(F)(F)F)c(OCC(F)(F)F)c1. The molecule has 0 radical (unpaired) electrons. The number of nitrogens with two attached hydrogens (primary N) is 1. The van der Waals surface area contributed by atoms with Crippen molar-refractivity contribution in [3.05, 3.63) is 52.4 Å². The Kier molecular flexibility index (Phi) is 12.9. The summed E-state index contributed by atoms with van der Waals surface area (Å²) >= 11 is 1.02. The van der Waals surface area contributed by atoms with E-state index in [-0.39, 0.29) is 58.6 Å². The fraction of sp³-hybridized carbons (Fsp3) is 0.424. The number of nitrogens with one attached hydrogen (secondary N) is 3. The highest BCUT2D eigenvalue weighted by Gasteiger charge is 2.32. The quantitative estimate of drug-likeness (QED) is 0.107. The zero-order chi connectivity index (χ0) is 38.3. The van der Waals surface area contributed by atoms with Gasteiger partial charge >= 0.3 is 18.3 Å². The van der Waals surface area contributed by atoms with Gasteiger partial charge in [-0.15, -0.1) is 11.3 Å². The van der Waals surface area contributed by atoms with Crippen LogP contribution in [0.2, 0.25) is 0 Å². The zero-order valence-electron chi connectivity index (χ0n) is 27.5. The molecule has 52 heavy (non-hydrogen) atoms. The molecular formula is C33H34F6N4O7S2. The number of esters is 1. The number of sulfone groups is 1. The van der Waals surface area contributed by atoms with Crippen LogP contribution in [0.25, 0.3) is 10.1 Å². The monoisotopic (exact) mass is 776 g/mol. The van der Waals surface area contributed by atoms with Crippen LogP contribution in [0.5, 0.6) is 5.75 Å². The van der Waals surface area contributed by atoms with Crippen LogP contribution < -0.4 is 26.4 Å². The number of halogens is 6. The molecule has 1 aromatic heterocycles. The number of benzene rings is 2. The molecule has 1 aliphatic heterocycles. The van der Waals surface area contributed by atoms with Gasteiger partial charge in [0, 0.05) is 18.0 Å². The molecular weight excluding hydrogens is 743 g/mol. The van der Waals surface area contributed by atoms with Gasteiger partial charge in [-0.1, -0.05) is 24.0 Å². The lowest BCUT2D eigenvalue weighted by Gasteiger charge is -2.24. The van der Waals surface area contributed by atoms with Crippen LogP contribution in [0.4, 0.5) is 37.7 Å². The van der Waals surface area contributed by atoms with Gasteiger partial charge in [0.2, 0.25) is 5.91 Å². The maximum atomic E-state index is 13.7. The summed E-state index contributed by atoms with van der Waals surface area (Å²) in [4.78, 5) is 36.3. The molecule has 0 aliphatic carbocycles. The summed E-state index contributed by atoms with van der Waals surface area (Å²) in [6.07, 6.45) is -10.4. The van der Waals surface area contributed by atoms with E-state index in [1.807, 2.05) is 0 Å². The number of rotatable bonds is 13. The topological polar surface area (TPSA) is 166 Å². The third-order valence-corrected chi connectivity index (χ3v) is 10.7. The van der Waals surface area contributed by atoms with Crippen LogP contribution in [0.1, 0.15) is 46.5 Å². The lowest BCUT2D eigenvalue weighted by atomic mass is 10.1. The lowest BCUT2D eigenvalue weighted by molar-refractivity contribution is -0.153. The summed E-state index contributed by atoms with van der Waals surface area (Å²) in [5.41, 5.74) is 5.37. The predicted octanol–water partition coefficient (Wildman–Crippen LogP) is 4.94. The summed E-state index contributed by atoms with van der Waals surface area (Å²) in [6, 6.07) is 6.79. The second-order valence-corrected chi connectivity index (χ2v) is 15.1. The van der Waals surface area contributed by atoms with E-state index in [2.05, 4.69) is 32.5 Å². The average molecular weight is 777 g/mol. The maximum absolute atomic E-state index is 13.7. The number of fused-ring (bicyclic) bond motifs is 1. The molecule has 0 bridgehead atoms. The largest absolute Gasteiger partial charge is 0.482 e. The Bertz CT molecular complexity index is 1960. The predicted molar refractivity (Wildman–Crippen MR) is 182 cm³/mol. The van der Waals surface area contributed by atoms with E-state index >= 15 is 0 Å². The number of alkyl halides is 6. The van der Waals surface area contributed by atoms with Gasteiger partial charge < -0.3 is 31.2 Å². The minimum absolute atomic E-state index is 0.00128. The van der Waals surface area contributed by atoms with Crippen LogP contribution >= 0.6 is 11.3 Å². The molecule has 2 heterocycles. The summed E-state index contributed by atoms with van der Waals surface area (Å²) in [5, 5.41) is 8.69. The highest BCUT2D eigenvalue weighted by Crippen LogP contribution is 2.39. The lowest BCUT2D eigenvalue weighted by Crippen LogP contribution is -2.42. The molecule has 2 amide bonds. The zero-order valence-corrected chi connectivity index (χ0v) is 29.1. The number of amides is 2. The van der Waals surface area contributed by atoms with Crippen LogP contribution in [0.15, 0.2) is 36.4 Å². The Morgan fingerprint density at radius 3 is 2.38 bits per heavy atom. The molecule has 4 rings (SSSR count). The second-order valence-electron chi connectivity index (χ2n) is 11.8. The summed E-state index contributed by atoms with van der Waals surface area (Å²) in [6.45, 7) is -1.98. The minimum atomic E-state index is -4.75. The van der Waals surface area contributed by atoms with Crippen LogP contribution in [0.3, 0.4) is 0 Å². The minimum Gasteiger partial charge on any atom is -0.482 e. The fourth-order valence-electron chi connectivity index (χ4n) is 5.29. The van der Waals surface area contributed by atoms with Crippen molar-refractivity contribution in [2.24, 2.45) is 5.73 Å². The van der Waals surface area contributed by atoms with Gasteiger partial charge in [-0.25, -0.2) is 13.2 Å². The van der Waals surface area contributed by atoms with Gasteiger partial charge in [0.25, 0.3) is 5.91 Å². The van der Waals surface area contributed by atoms with E-state index in [1.54, 1.807) is 18.2 Å². The van der Waals surface area contributed by atoms with Crippen molar-refractivity contribution in [2.45, 2.75) is 56.5 Å². The number of ether oxygens (including phenoxy) is 2. The number of carbonyl (C=O) groups excluding carboxylic acids is 3. The number of hydrogen-bond donors (Lipinski definition) is 4. The number of anilines is 2. The Labute approximate surface area is 298 Å². The van der Waals surface area contributed by atoms with Gasteiger partial charge in [-0.2, -0.15) is 26.3 Å². The molecule has 5 N–H and O–H groups in total. The van der Waals surface area contributed by atoms with Gasteiger partial charge in [-0.05, 0) is 54.5 Å². The summed E-state index contributed by atoms with van der Waals surface area (Å²) in [5.74, 6) is 2.50. The van der Waals surface area contributed by atoms with E-state index in [1.165, 1.54) is 12.1 Å². The van der Waals surface area contributed by atoms with Crippen LogP contribution in [-0.2, 0) is 30.6 Å². The third kappa shape index (κ3) is 11.7. The molecule has 282 valence electrons. The van der Waals surface area contributed by atoms with Crippen LogP contribution in [0, 0.1) is 11.8 Å². The van der Waals surface area contributed by atoms with E-state index in [4.69, 9.17) is 10.5 Å². The average Bonchev–Trinajstić information content (AvgIpc) is 3.40. The molecule has 11 nitrogen and oxygen atoms in total. The maximum Gasteiger partial charge on any atom is 0.422 e. The Hall–Kier alpha value is -4.70. The van der Waals surface area contributed by atoms with Gasteiger partial charge in [-0.3, -0.25) is 9.59 Å². The highest BCUT2D eigenvalue weighted by atomic mass is 32.2. The molecule has 1 aliphatic rings. The number of methoxy groups -OCH3 is 1. The normalized spacial score (nSPS) is 15.2. The van der Waals surface area contributed by atoms with E-state index in [9.17, 15) is 49.1 Å². The van der Waals surface area contributed by atoms with Crippen molar-refractivity contribution in [2.75, 3.05) is 42.4 Å².